The number of rotatable bonds is 7. The number of alkyl halides is 1. The highest BCUT2D eigenvalue weighted by Gasteiger charge is 2.12. The highest BCUT2D eigenvalue weighted by atomic mass is 79.9. The smallest absolute Gasteiger partial charge is 0.251 e. The van der Waals surface area contributed by atoms with Crippen LogP contribution >= 0.6 is 15.9 Å². The monoisotopic (exact) mass is 313 g/mol. The van der Waals surface area contributed by atoms with Gasteiger partial charge in [0.1, 0.15) is 0 Å². The molecule has 0 bridgehead atoms. The molecule has 0 saturated heterocycles. The number of hydrogen-bond acceptors (Lipinski definition) is 2. The summed E-state index contributed by atoms with van der Waals surface area (Å²) in [6.07, 6.45) is 1.79. The normalized spacial score (nSPS) is 12.2. The Labute approximate surface area is 117 Å². The number of benzene rings is 1. The Kier molecular flexibility index (Phi) is 6.98. The van der Waals surface area contributed by atoms with Gasteiger partial charge in [0.2, 0.25) is 0 Å². The standard InChI is InChI=1S/C14H20BrNO2/c1-3-11-4-6-12(7-5-11)14(17)16-13(10-15)8-9-18-2/h4-7,13H,3,8-10H2,1-2H3,(H,16,17). The number of hydrogen-bond donors (Lipinski definition) is 1. The van der Waals surface area contributed by atoms with Gasteiger partial charge in [0.05, 0.1) is 0 Å². The molecule has 0 aliphatic carbocycles. The third-order valence-electron chi connectivity index (χ3n) is 2.82. The van der Waals surface area contributed by atoms with Crippen molar-refractivity contribution in [3.63, 3.8) is 0 Å². The maximum Gasteiger partial charge on any atom is 0.251 e. The molecule has 0 saturated carbocycles. The van der Waals surface area contributed by atoms with Gasteiger partial charge in [0, 0.05) is 30.7 Å². The van der Waals surface area contributed by atoms with Gasteiger partial charge >= 0.3 is 0 Å². The van der Waals surface area contributed by atoms with E-state index in [0.29, 0.717) is 12.2 Å². The van der Waals surface area contributed by atoms with Crippen LogP contribution in [-0.4, -0.2) is 31.0 Å². The summed E-state index contributed by atoms with van der Waals surface area (Å²) in [7, 11) is 1.66. The summed E-state index contributed by atoms with van der Waals surface area (Å²) < 4.78 is 5.02. The Morgan fingerprint density at radius 1 is 1.39 bits per heavy atom. The number of aryl methyl sites for hydroxylation is 1. The molecule has 1 amide bonds. The third-order valence-corrected chi connectivity index (χ3v) is 3.60. The maximum absolute atomic E-state index is 12.0. The van der Waals surface area contributed by atoms with Crippen LogP contribution in [0.1, 0.15) is 29.3 Å². The van der Waals surface area contributed by atoms with Crippen molar-refractivity contribution in [1.29, 1.82) is 0 Å². The zero-order chi connectivity index (χ0) is 13.4. The summed E-state index contributed by atoms with van der Waals surface area (Å²) in [4.78, 5) is 12.0. The number of carbonyl (C=O) groups is 1. The molecule has 3 nitrogen and oxygen atoms in total. The molecule has 1 atom stereocenters. The van der Waals surface area contributed by atoms with E-state index in [4.69, 9.17) is 4.74 Å². The molecule has 1 N–H and O–H groups in total. The minimum atomic E-state index is -0.0294. The summed E-state index contributed by atoms with van der Waals surface area (Å²) in [5.74, 6) is -0.0294. The van der Waals surface area contributed by atoms with Crippen LogP contribution in [0.4, 0.5) is 0 Å². The summed E-state index contributed by atoms with van der Waals surface area (Å²) >= 11 is 3.40. The molecular formula is C14H20BrNO2. The van der Waals surface area contributed by atoms with E-state index in [0.717, 1.165) is 18.2 Å². The molecular weight excluding hydrogens is 294 g/mol. The maximum atomic E-state index is 12.0. The van der Waals surface area contributed by atoms with Gasteiger partial charge in [-0.3, -0.25) is 4.79 Å². The van der Waals surface area contributed by atoms with E-state index >= 15 is 0 Å². The third kappa shape index (κ3) is 4.78. The van der Waals surface area contributed by atoms with Crippen molar-refractivity contribution < 1.29 is 9.53 Å². The molecule has 0 aromatic heterocycles. The van der Waals surface area contributed by atoms with Crippen LogP contribution in [0, 0.1) is 0 Å². The lowest BCUT2D eigenvalue weighted by atomic mass is 10.1. The molecule has 0 heterocycles. The summed E-state index contributed by atoms with van der Waals surface area (Å²) in [5.41, 5.74) is 1.94. The van der Waals surface area contributed by atoms with Gasteiger partial charge < -0.3 is 10.1 Å². The number of nitrogens with one attached hydrogen (secondary N) is 1. The highest BCUT2D eigenvalue weighted by Crippen LogP contribution is 2.06. The van der Waals surface area contributed by atoms with Crippen molar-refractivity contribution in [3.05, 3.63) is 35.4 Å². The molecule has 0 radical (unpaired) electrons. The van der Waals surface area contributed by atoms with Gasteiger partial charge in [0.15, 0.2) is 0 Å². The fourth-order valence-electron chi connectivity index (χ4n) is 1.61. The minimum Gasteiger partial charge on any atom is -0.385 e. The summed E-state index contributed by atoms with van der Waals surface area (Å²) in [6, 6.07) is 7.83. The Morgan fingerprint density at radius 2 is 2.06 bits per heavy atom. The first-order valence-corrected chi connectivity index (χ1v) is 7.28. The van der Waals surface area contributed by atoms with E-state index in [-0.39, 0.29) is 11.9 Å². The van der Waals surface area contributed by atoms with E-state index in [1.807, 2.05) is 24.3 Å². The summed E-state index contributed by atoms with van der Waals surface area (Å²) in [5, 5.41) is 3.72. The van der Waals surface area contributed by atoms with Crippen molar-refractivity contribution >= 4 is 21.8 Å². The van der Waals surface area contributed by atoms with Crippen LogP contribution in [0.15, 0.2) is 24.3 Å². The van der Waals surface area contributed by atoms with Gasteiger partial charge in [-0.05, 0) is 30.5 Å². The second-order valence-corrected chi connectivity index (χ2v) is 4.80. The lowest BCUT2D eigenvalue weighted by molar-refractivity contribution is 0.0931. The van der Waals surface area contributed by atoms with Crippen molar-refractivity contribution in [2.45, 2.75) is 25.8 Å². The molecule has 100 valence electrons. The van der Waals surface area contributed by atoms with Gasteiger partial charge in [-0.1, -0.05) is 35.0 Å². The SMILES string of the molecule is CCc1ccc(C(=O)NC(CBr)CCOC)cc1. The van der Waals surface area contributed by atoms with Crippen LogP contribution in [0.5, 0.6) is 0 Å². The van der Waals surface area contributed by atoms with Crippen LogP contribution in [-0.2, 0) is 11.2 Å². The topological polar surface area (TPSA) is 38.3 Å². The molecule has 1 rings (SSSR count). The molecule has 1 aromatic rings. The van der Waals surface area contributed by atoms with E-state index < -0.39 is 0 Å². The predicted octanol–water partition coefficient (Wildman–Crippen LogP) is 2.78. The molecule has 1 aromatic carbocycles. The first kappa shape index (κ1) is 15.2. The van der Waals surface area contributed by atoms with E-state index in [2.05, 4.69) is 28.2 Å². The molecule has 0 fully saturated rings. The van der Waals surface area contributed by atoms with Gasteiger partial charge in [-0.25, -0.2) is 0 Å². The van der Waals surface area contributed by atoms with Crippen molar-refractivity contribution in [2.24, 2.45) is 0 Å². The number of carbonyl (C=O) groups excluding carboxylic acids is 1. The quantitative estimate of drug-likeness (QED) is 0.786. The number of ether oxygens (including phenoxy) is 1. The number of methoxy groups -OCH3 is 1. The predicted molar refractivity (Wildman–Crippen MR) is 77.4 cm³/mol. The zero-order valence-electron chi connectivity index (χ0n) is 10.9. The molecule has 18 heavy (non-hydrogen) atoms. The van der Waals surface area contributed by atoms with E-state index in [1.54, 1.807) is 7.11 Å². The summed E-state index contributed by atoms with van der Waals surface area (Å²) in [6.45, 7) is 2.74. The lowest BCUT2D eigenvalue weighted by Gasteiger charge is -2.15. The van der Waals surface area contributed by atoms with Crippen molar-refractivity contribution in [1.82, 2.24) is 5.32 Å². The van der Waals surface area contributed by atoms with E-state index in [1.165, 1.54) is 5.56 Å². The molecule has 1 unspecified atom stereocenters. The fraction of sp³-hybridized carbons (Fsp3) is 0.500. The number of halogens is 1. The van der Waals surface area contributed by atoms with Gasteiger partial charge in [-0.15, -0.1) is 0 Å². The van der Waals surface area contributed by atoms with Crippen molar-refractivity contribution in [2.75, 3.05) is 19.0 Å². The first-order chi connectivity index (χ1) is 8.71. The lowest BCUT2D eigenvalue weighted by Crippen LogP contribution is -2.36. The Balaban J connectivity index is 2.56. The van der Waals surface area contributed by atoms with Crippen LogP contribution in [0.3, 0.4) is 0 Å². The zero-order valence-corrected chi connectivity index (χ0v) is 12.5. The van der Waals surface area contributed by atoms with Gasteiger partial charge in [-0.2, -0.15) is 0 Å². The molecule has 0 spiro atoms. The van der Waals surface area contributed by atoms with Crippen LogP contribution in [0.2, 0.25) is 0 Å². The Bertz CT molecular complexity index is 365. The number of amides is 1. The molecule has 0 aliphatic heterocycles. The average Bonchev–Trinajstić information content (AvgIpc) is 2.43. The van der Waals surface area contributed by atoms with E-state index in [9.17, 15) is 4.79 Å². The molecule has 0 aliphatic rings. The van der Waals surface area contributed by atoms with Gasteiger partial charge in [0.25, 0.3) is 5.91 Å². The fourth-order valence-corrected chi connectivity index (χ4v) is 2.09. The minimum absolute atomic E-state index is 0.0294. The second-order valence-electron chi connectivity index (χ2n) is 4.16. The van der Waals surface area contributed by atoms with Crippen molar-refractivity contribution in [3.8, 4) is 0 Å². The Hall–Kier alpha value is -0.870. The Morgan fingerprint density at radius 3 is 2.56 bits per heavy atom. The average molecular weight is 314 g/mol. The van der Waals surface area contributed by atoms with Crippen LogP contribution in [0.25, 0.3) is 0 Å². The van der Waals surface area contributed by atoms with Crippen LogP contribution < -0.4 is 5.32 Å². The largest absolute Gasteiger partial charge is 0.385 e. The first-order valence-electron chi connectivity index (χ1n) is 6.16. The highest BCUT2D eigenvalue weighted by molar-refractivity contribution is 9.09. The second kappa shape index (κ2) is 8.27. The molecule has 4 heteroatoms.